The summed E-state index contributed by atoms with van der Waals surface area (Å²) in [6, 6.07) is 12.1. The van der Waals surface area contributed by atoms with Gasteiger partial charge in [0, 0.05) is 37.9 Å². The van der Waals surface area contributed by atoms with E-state index < -0.39 is 65.8 Å². The number of aliphatic imine (C=N–C) groups is 1. The molecule has 0 unspecified atom stereocenters. The van der Waals surface area contributed by atoms with Crippen LogP contribution in [0.1, 0.15) is 127 Å². The lowest BCUT2D eigenvalue weighted by Crippen LogP contribution is -2.58. The van der Waals surface area contributed by atoms with Crippen LogP contribution < -0.4 is 43.4 Å². The average Bonchev–Trinajstić information content (AvgIpc) is 4.06. The third-order valence-electron chi connectivity index (χ3n) is 14.3. The van der Waals surface area contributed by atoms with E-state index in [0.717, 1.165) is 80.1 Å². The summed E-state index contributed by atoms with van der Waals surface area (Å²) in [5.41, 5.74) is 12.5. The fraction of sp³-hybridized carbons (Fsp3) is 0.585. The number of amides is 6. The van der Waals surface area contributed by atoms with Crippen molar-refractivity contribution in [2.75, 3.05) is 26.7 Å². The van der Waals surface area contributed by atoms with Gasteiger partial charge in [-0.15, -0.1) is 0 Å². The first-order chi connectivity index (χ1) is 34.3. The number of nitrogens with one attached hydrogen (secondary N) is 6. The minimum Gasteiger partial charge on any atom is -0.370 e. The number of thioether (sulfide) groups is 1. The van der Waals surface area contributed by atoms with Crippen molar-refractivity contribution < 1.29 is 33.6 Å². The molecule has 1 heterocycles. The maximum atomic E-state index is 14.8. The summed E-state index contributed by atoms with van der Waals surface area (Å²) in [5, 5.41) is 19.5. The third kappa shape index (κ3) is 17.2. The Morgan fingerprint density at radius 1 is 0.803 bits per heavy atom. The molecule has 2 aliphatic carbocycles. The summed E-state index contributed by atoms with van der Waals surface area (Å²) in [4.78, 5) is 103. The molecule has 1 aliphatic heterocycles. The molecule has 3 aliphatic rings. The second-order valence-corrected chi connectivity index (χ2v) is 20.5. The van der Waals surface area contributed by atoms with Gasteiger partial charge in [0.25, 0.3) is 0 Å². The fourth-order valence-corrected chi connectivity index (χ4v) is 11.5. The lowest BCUT2D eigenvalue weighted by atomic mass is 9.74. The molecule has 0 radical (unpaired) electrons. The number of carbonyl (C=O) groups excluding carboxylic acids is 7. The van der Waals surface area contributed by atoms with Crippen LogP contribution in [0.5, 0.6) is 0 Å². The molecule has 10 N–H and O–H groups in total. The molecule has 6 amide bonds. The molecular weight excluding hydrogens is 921 g/mol. The Bertz CT molecular complexity index is 2130. The number of benzene rings is 2. The largest absolute Gasteiger partial charge is 0.370 e. The Hall–Kier alpha value is -5.75. The highest BCUT2D eigenvalue weighted by atomic mass is 32.2. The van der Waals surface area contributed by atoms with E-state index in [-0.39, 0.29) is 49.1 Å². The first kappa shape index (κ1) is 56.2. The Labute approximate surface area is 424 Å². The van der Waals surface area contributed by atoms with Crippen LogP contribution in [-0.4, -0.2) is 116 Å². The Morgan fingerprint density at radius 3 is 2.17 bits per heavy atom. The maximum Gasteiger partial charge on any atom is 0.245 e. The number of hydrogen-bond donors (Lipinski definition) is 8. The molecular formula is C53H78N10O7S. The zero-order chi connectivity index (χ0) is 51.2. The summed E-state index contributed by atoms with van der Waals surface area (Å²) in [6.45, 7) is 6.05. The molecule has 17 nitrogen and oxygen atoms in total. The normalized spacial score (nSPS) is 18.7. The molecule has 5 rings (SSSR count). The van der Waals surface area contributed by atoms with Crippen molar-refractivity contribution in [2.45, 2.75) is 169 Å². The van der Waals surface area contributed by atoms with Crippen LogP contribution in [0.25, 0.3) is 0 Å². The molecule has 2 aromatic rings. The van der Waals surface area contributed by atoms with E-state index in [2.05, 4.69) is 55.6 Å². The molecule has 1 saturated heterocycles. The van der Waals surface area contributed by atoms with Crippen LogP contribution in [0.15, 0.2) is 76.5 Å². The minimum absolute atomic E-state index is 0.0218. The van der Waals surface area contributed by atoms with Gasteiger partial charge in [0.05, 0.1) is 12.1 Å². The number of aldehydes is 1. The monoisotopic (exact) mass is 999 g/mol. The van der Waals surface area contributed by atoms with Gasteiger partial charge in [-0.25, -0.2) is 0 Å². The van der Waals surface area contributed by atoms with Gasteiger partial charge in [0.15, 0.2) is 5.96 Å². The standard InChI is InChI=1S/C53H78N10O7S/c1-4-71-46-26-12-11-22-40(46)53(27-13-14-28-53)34-39(35-64)60-48(67)44(33-38-20-9-6-10-21-38)62-50(69)45-25-17-31-63(45)51(70)42(24-16-29-57-47(66)41(56-3)23-15-30-58-52(54)55)61-49(68)43(59-36(2)65)32-37-18-7-5-8-19-37/h4-5,7-8,11-12,18-19,22,26,35,38-39,41-45,56H,1,6,9-10,13-17,20-21,23-25,27-34H2,2-3H3,(H,57,66)(H,59,65)(H,60,67)(H,61,68)(H,62,69)(H4,54,55,58)/t39-,41-,42-,43-,44+,45-/m0/s1. The van der Waals surface area contributed by atoms with E-state index in [9.17, 15) is 33.6 Å². The molecule has 71 heavy (non-hydrogen) atoms. The third-order valence-corrected chi connectivity index (χ3v) is 15.0. The molecule has 18 heteroatoms. The molecule has 0 spiro atoms. The predicted octanol–water partition coefficient (Wildman–Crippen LogP) is 4.02. The molecule has 2 aromatic carbocycles. The quantitative estimate of drug-likeness (QED) is 0.0199. The number of carbonyl (C=O) groups is 7. The fourth-order valence-electron chi connectivity index (χ4n) is 10.7. The number of hydrogen-bond acceptors (Lipinski definition) is 10. The minimum atomic E-state index is -1.12. The summed E-state index contributed by atoms with van der Waals surface area (Å²) < 4.78 is 0. The van der Waals surface area contributed by atoms with Crippen molar-refractivity contribution in [3.05, 3.63) is 77.7 Å². The number of likely N-dealkylation sites (N-methyl/N-ethyl adjacent to an activating group) is 1. The molecule has 0 aromatic heterocycles. The Balaban J connectivity index is 1.33. The summed E-state index contributed by atoms with van der Waals surface area (Å²) >= 11 is 1.55. The van der Waals surface area contributed by atoms with Crippen LogP contribution in [0, 0.1) is 5.92 Å². The Kier molecular flexibility index (Phi) is 22.9. The van der Waals surface area contributed by atoms with Gasteiger partial charge in [0.1, 0.15) is 30.5 Å². The molecule has 388 valence electrons. The van der Waals surface area contributed by atoms with Gasteiger partial charge < -0.3 is 53.1 Å². The molecule has 0 bridgehead atoms. The van der Waals surface area contributed by atoms with Crippen molar-refractivity contribution in [1.29, 1.82) is 0 Å². The van der Waals surface area contributed by atoms with Crippen LogP contribution in [0.3, 0.4) is 0 Å². The van der Waals surface area contributed by atoms with Crippen molar-refractivity contribution in [2.24, 2.45) is 22.4 Å². The zero-order valence-corrected chi connectivity index (χ0v) is 42.6. The highest BCUT2D eigenvalue weighted by Gasteiger charge is 2.42. The first-order valence-electron chi connectivity index (χ1n) is 25.6. The summed E-state index contributed by atoms with van der Waals surface area (Å²) in [5.74, 6) is -2.45. The number of nitrogens with two attached hydrogens (primary N) is 2. The van der Waals surface area contributed by atoms with E-state index >= 15 is 0 Å². The average molecular weight is 999 g/mol. The summed E-state index contributed by atoms with van der Waals surface area (Å²) in [6.07, 6.45) is 12.9. The lowest BCUT2D eigenvalue weighted by Gasteiger charge is -2.35. The molecule has 2 saturated carbocycles. The summed E-state index contributed by atoms with van der Waals surface area (Å²) in [7, 11) is 1.68. The highest BCUT2D eigenvalue weighted by molar-refractivity contribution is 8.02. The highest BCUT2D eigenvalue weighted by Crippen LogP contribution is 2.47. The smallest absolute Gasteiger partial charge is 0.245 e. The van der Waals surface area contributed by atoms with Gasteiger partial charge >= 0.3 is 0 Å². The second-order valence-electron chi connectivity index (χ2n) is 19.4. The van der Waals surface area contributed by atoms with Gasteiger partial charge in [-0.2, -0.15) is 0 Å². The zero-order valence-electron chi connectivity index (χ0n) is 41.8. The number of nitrogens with zero attached hydrogens (tertiary/aromatic N) is 2. The molecule has 6 atom stereocenters. The topological polar surface area (TPSA) is 259 Å². The van der Waals surface area contributed by atoms with Crippen molar-refractivity contribution in [3.8, 4) is 0 Å². The Morgan fingerprint density at radius 2 is 1.49 bits per heavy atom. The van der Waals surface area contributed by atoms with Gasteiger partial charge in [-0.05, 0) is 105 Å². The molecule has 3 fully saturated rings. The maximum absolute atomic E-state index is 14.8. The SMILES string of the molecule is C=CSc1ccccc1C1(C[C@@H](C=O)NC(=O)[C@@H](CC2CCCCC2)NC(=O)[C@@H]2CCCN2C(=O)[C@H](CCCNC(=O)[C@H](CCCN=C(N)N)NC)NC(=O)[C@H](Cc2ccccc2)NC(C)=O)CCCC1. The lowest BCUT2D eigenvalue weighted by molar-refractivity contribution is -0.142. The van der Waals surface area contributed by atoms with Crippen LogP contribution in [0.4, 0.5) is 0 Å². The predicted molar refractivity (Wildman–Crippen MR) is 278 cm³/mol. The van der Waals surface area contributed by atoms with E-state index in [1.165, 1.54) is 11.8 Å². The van der Waals surface area contributed by atoms with E-state index in [4.69, 9.17) is 11.5 Å². The van der Waals surface area contributed by atoms with E-state index in [1.54, 1.807) is 24.2 Å². The van der Waals surface area contributed by atoms with Crippen molar-refractivity contribution >= 4 is 59.5 Å². The number of guanidine groups is 1. The van der Waals surface area contributed by atoms with Gasteiger partial charge in [-0.1, -0.05) is 112 Å². The first-order valence-corrected chi connectivity index (χ1v) is 26.5. The van der Waals surface area contributed by atoms with Crippen LogP contribution in [0.2, 0.25) is 0 Å². The van der Waals surface area contributed by atoms with Gasteiger partial charge in [0.2, 0.25) is 35.4 Å². The van der Waals surface area contributed by atoms with Crippen molar-refractivity contribution in [3.63, 3.8) is 0 Å². The van der Waals surface area contributed by atoms with Gasteiger partial charge in [-0.3, -0.25) is 33.8 Å². The van der Waals surface area contributed by atoms with Crippen LogP contribution in [-0.2, 0) is 45.4 Å². The van der Waals surface area contributed by atoms with Crippen LogP contribution >= 0.6 is 11.8 Å². The van der Waals surface area contributed by atoms with E-state index in [0.29, 0.717) is 51.5 Å². The van der Waals surface area contributed by atoms with Crippen molar-refractivity contribution in [1.82, 2.24) is 36.8 Å². The number of rotatable bonds is 28. The second kappa shape index (κ2) is 28.9. The van der Waals surface area contributed by atoms with E-state index in [1.807, 2.05) is 42.5 Å². The number of likely N-dealkylation sites (tertiary alicyclic amines) is 1.